The molecule has 0 radical (unpaired) electrons. The van der Waals surface area contributed by atoms with Crippen molar-refractivity contribution < 1.29 is 4.74 Å². The lowest BCUT2D eigenvalue weighted by Crippen LogP contribution is -2.03. The molecule has 3 nitrogen and oxygen atoms in total. The van der Waals surface area contributed by atoms with Crippen molar-refractivity contribution in [3.05, 3.63) is 48.0 Å². The number of ether oxygens (including phenoxy) is 1. The van der Waals surface area contributed by atoms with Crippen molar-refractivity contribution in [2.24, 2.45) is 11.8 Å². The monoisotopic (exact) mass is 370 g/mol. The topological polar surface area (TPSA) is 40.2 Å². The van der Waals surface area contributed by atoms with Crippen LogP contribution in [-0.4, -0.2) is 11.2 Å². The average Bonchev–Trinajstić information content (AvgIpc) is 3.61. The van der Waals surface area contributed by atoms with Crippen molar-refractivity contribution in [3.8, 4) is 28.8 Å². The zero-order valence-electron chi connectivity index (χ0n) is 16.4. The summed E-state index contributed by atoms with van der Waals surface area (Å²) in [7, 11) is 0. The van der Waals surface area contributed by atoms with Crippen LogP contribution >= 0.6 is 0 Å². The quantitative estimate of drug-likeness (QED) is 0.478. The molecule has 0 spiro atoms. The van der Waals surface area contributed by atoms with E-state index in [1.165, 1.54) is 47.8 Å². The maximum atomic E-state index is 5.96. The summed E-state index contributed by atoms with van der Waals surface area (Å²) in [5.41, 5.74) is 11.5. The molecule has 3 aromatic rings. The van der Waals surface area contributed by atoms with Gasteiger partial charge in [0.05, 0.1) is 23.4 Å². The summed E-state index contributed by atoms with van der Waals surface area (Å²) in [6, 6.07) is 14.7. The molecule has 0 aliphatic heterocycles. The van der Waals surface area contributed by atoms with Crippen molar-refractivity contribution in [1.82, 2.24) is 4.57 Å². The number of benzene rings is 2. The van der Waals surface area contributed by atoms with Crippen molar-refractivity contribution in [2.45, 2.75) is 39.2 Å². The van der Waals surface area contributed by atoms with Gasteiger partial charge >= 0.3 is 0 Å². The van der Waals surface area contributed by atoms with Gasteiger partial charge in [0.1, 0.15) is 5.75 Å². The fraction of sp³-hybridized carbons (Fsp3) is 0.360. The fourth-order valence-electron chi connectivity index (χ4n) is 3.80. The average molecular weight is 370 g/mol. The summed E-state index contributed by atoms with van der Waals surface area (Å²) in [6.07, 6.45) is 5.10. The second kappa shape index (κ2) is 6.95. The van der Waals surface area contributed by atoms with Crippen molar-refractivity contribution in [3.63, 3.8) is 0 Å². The molecule has 0 unspecified atom stereocenters. The Kier molecular flexibility index (Phi) is 4.28. The Morgan fingerprint density at radius 1 is 1.07 bits per heavy atom. The molecule has 3 heteroatoms. The molecular formula is C25H26N2O. The van der Waals surface area contributed by atoms with E-state index in [1.807, 2.05) is 19.1 Å². The minimum absolute atomic E-state index is 0.573. The maximum Gasteiger partial charge on any atom is 0.121 e. The van der Waals surface area contributed by atoms with Gasteiger partial charge in [-0.05, 0) is 68.4 Å². The number of nitrogen functional groups attached to an aromatic ring is 1. The minimum atomic E-state index is 0.573. The fourth-order valence-corrected chi connectivity index (χ4v) is 3.80. The van der Waals surface area contributed by atoms with Gasteiger partial charge in [-0.2, -0.15) is 0 Å². The standard InChI is InChI=1S/C25H26N2O/c1-2-28-21-12-14-22-23(13-7-17-3-4-17)25(19-8-10-20(26)11-9-19)27(24(22)15-21)16-18-5-6-18/h8-12,14-15,17-18H,2-6,16,26H2,1H3. The Balaban J connectivity index is 1.75. The third-order valence-electron chi connectivity index (χ3n) is 5.65. The zero-order chi connectivity index (χ0) is 19.1. The van der Waals surface area contributed by atoms with Gasteiger partial charge < -0.3 is 15.0 Å². The first kappa shape index (κ1) is 17.3. The van der Waals surface area contributed by atoms with E-state index in [9.17, 15) is 0 Å². The van der Waals surface area contributed by atoms with Gasteiger partial charge in [0, 0.05) is 29.6 Å². The Labute approximate surface area is 166 Å². The van der Waals surface area contributed by atoms with Crippen LogP contribution in [0.25, 0.3) is 22.2 Å². The van der Waals surface area contributed by atoms with Gasteiger partial charge in [0.25, 0.3) is 0 Å². The van der Waals surface area contributed by atoms with Crippen LogP contribution < -0.4 is 10.5 Å². The number of hydrogen-bond donors (Lipinski definition) is 1. The van der Waals surface area contributed by atoms with Gasteiger partial charge in [-0.3, -0.25) is 0 Å². The van der Waals surface area contributed by atoms with Crippen LogP contribution in [-0.2, 0) is 6.54 Å². The highest BCUT2D eigenvalue weighted by Crippen LogP contribution is 2.40. The van der Waals surface area contributed by atoms with Gasteiger partial charge in [-0.1, -0.05) is 24.0 Å². The Bertz CT molecular complexity index is 1070. The molecule has 2 saturated carbocycles. The van der Waals surface area contributed by atoms with E-state index in [0.29, 0.717) is 12.5 Å². The number of fused-ring (bicyclic) bond motifs is 1. The second-order valence-corrected chi connectivity index (χ2v) is 8.06. The van der Waals surface area contributed by atoms with E-state index in [4.69, 9.17) is 10.5 Å². The second-order valence-electron chi connectivity index (χ2n) is 8.06. The third kappa shape index (κ3) is 3.36. The van der Waals surface area contributed by atoms with Crippen LogP contribution in [0.15, 0.2) is 42.5 Å². The molecule has 142 valence electrons. The number of hydrogen-bond acceptors (Lipinski definition) is 2. The first-order valence-corrected chi connectivity index (χ1v) is 10.4. The molecule has 2 aliphatic rings. The molecule has 0 atom stereocenters. The highest BCUT2D eigenvalue weighted by molar-refractivity contribution is 5.95. The molecule has 28 heavy (non-hydrogen) atoms. The van der Waals surface area contributed by atoms with Crippen LogP contribution in [0.1, 0.15) is 38.2 Å². The van der Waals surface area contributed by atoms with Crippen LogP contribution in [0.5, 0.6) is 5.75 Å². The van der Waals surface area contributed by atoms with Crippen LogP contribution in [0.3, 0.4) is 0 Å². The third-order valence-corrected chi connectivity index (χ3v) is 5.65. The zero-order valence-corrected chi connectivity index (χ0v) is 16.4. The van der Waals surface area contributed by atoms with Crippen molar-refractivity contribution in [2.75, 3.05) is 12.3 Å². The molecule has 2 fully saturated rings. The molecule has 0 amide bonds. The molecule has 1 aromatic heterocycles. The molecule has 2 aromatic carbocycles. The summed E-state index contributed by atoms with van der Waals surface area (Å²) in [4.78, 5) is 0. The highest BCUT2D eigenvalue weighted by atomic mass is 16.5. The molecule has 0 saturated heterocycles. The van der Waals surface area contributed by atoms with E-state index in [2.05, 4.69) is 46.7 Å². The van der Waals surface area contributed by atoms with Crippen LogP contribution in [0, 0.1) is 23.7 Å². The molecule has 1 heterocycles. The van der Waals surface area contributed by atoms with Gasteiger partial charge in [-0.15, -0.1) is 0 Å². The Hall–Kier alpha value is -2.86. The number of aromatic nitrogens is 1. The Morgan fingerprint density at radius 3 is 2.54 bits per heavy atom. The number of nitrogens with zero attached hydrogens (tertiary/aromatic N) is 1. The molecule has 2 N–H and O–H groups in total. The van der Waals surface area contributed by atoms with E-state index in [1.54, 1.807) is 0 Å². The molecule has 5 rings (SSSR count). The summed E-state index contributed by atoms with van der Waals surface area (Å²) >= 11 is 0. The molecule has 0 bridgehead atoms. The smallest absolute Gasteiger partial charge is 0.121 e. The summed E-state index contributed by atoms with van der Waals surface area (Å²) in [6.45, 7) is 3.74. The largest absolute Gasteiger partial charge is 0.494 e. The Morgan fingerprint density at radius 2 is 1.86 bits per heavy atom. The van der Waals surface area contributed by atoms with Crippen molar-refractivity contribution >= 4 is 16.6 Å². The lowest BCUT2D eigenvalue weighted by atomic mass is 10.0. The number of rotatable bonds is 5. The maximum absolute atomic E-state index is 5.96. The lowest BCUT2D eigenvalue weighted by molar-refractivity contribution is 0.340. The first-order valence-electron chi connectivity index (χ1n) is 10.4. The molecule has 2 aliphatic carbocycles. The van der Waals surface area contributed by atoms with E-state index >= 15 is 0 Å². The highest BCUT2D eigenvalue weighted by Gasteiger charge is 2.26. The minimum Gasteiger partial charge on any atom is -0.494 e. The van der Waals surface area contributed by atoms with Crippen LogP contribution in [0.4, 0.5) is 5.69 Å². The van der Waals surface area contributed by atoms with Crippen LogP contribution in [0.2, 0.25) is 0 Å². The predicted molar refractivity (Wildman–Crippen MR) is 115 cm³/mol. The molecular weight excluding hydrogens is 344 g/mol. The normalized spacial score (nSPS) is 16.0. The SMILES string of the molecule is CCOc1ccc2c(C#CC3CC3)c(-c3ccc(N)cc3)n(CC3CC3)c2c1. The first-order chi connectivity index (χ1) is 13.7. The van der Waals surface area contributed by atoms with E-state index < -0.39 is 0 Å². The summed E-state index contributed by atoms with van der Waals surface area (Å²) < 4.78 is 8.27. The van der Waals surface area contributed by atoms with Gasteiger partial charge in [-0.25, -0.2) is 0 Å². The van der Waals surface area contributed by atoms with E-state index in [0.717, 1.165) is 29.5 Å². The van der Waals surface area contributed by atoms with E-state index in [-0.39, 0.29) is 0 Å². The van der Waals surface area contributed by atoms with Gasteiger partial charge in [0.15, 0.2) is 0 Å². The number of nitrogens with two attached hydrogens (primary N) is 1. The predicted octanol–water partition coefficient (Wildman–Crippen LogP) is 5.46. The lowest BCUT2D eigenvalue weighted by Gasteiger charge is -2.12. The number of anilines is 1. The summed E-state index contributed by atoms with van der Waals surface area (Å²) in [5.74, 6) is 9.31. The van der Waals surface area contributed by atoms with Crippen molar-refractivity contribution in [1.29, 1.82) is 0 Å². The summed E-state index contributed by atoms with van der Waals surface area (Å²) in [5, 5.41) is 1.23. The van der Waals surface area contributed by atoms with Gasteiger partial charge in [0.2, 0.25) is 0 Å².